The smallest absolute Gasteiger partial charge is 0.130 e. The molecule has 1 fully saturated rings. The van der Waals surface area contributed by atoms with Crippen molar-refractivity contribution in [3.05, 3.63) is 16.4 Å². The van der Waals surface area contributed by atoms with Gasteiger partial charge in [-0.15, -0.1) is 0 Å². The van der Waals surface area contributed by atoms with Gasteiger partial charge in [-0.2, -0.15) is 5.10 Å². The van der Waals surface area contributed by atoms with Crippen molar-refractivity contribution in [3.8, 4) is 0 Å². The maximum absolute atomic E-state index is 6.45. The summed E-state index contributed by atoms with van der Waals surface area (Å²) < 4.78 is 1.74. The number of hydrogen-bond donors (Lipinski definition) is 1. The molecule has 0 bridgehead atoms. The number of hydrogen-bond acceptors (Lipinski definition) is 2. The topological polar surface area (TPSA) is 43.8 Å². The fourth-order valence-electron chi connectivity index (χ4n) is 3.40. The maximum Gasteiger partial charge on any atom is 0.130 e. The first kappa shape index (κ1) is 14.9. The standard InChI is InChI=1S/C15H26ClN3/c1-4-11-6-5-7-12(8-11)14(17)9-13-10(2)18-19(3)15(13)16/h11-12,14H,4-9,17H2,1-3H3. The molecule has 0 aromatic carbocycles. The van der Waals surface area contributed by atoms with Crippen LogP contribution >= 0.6 is 11.6 Å². The highest BCUT2D eigenvalue weighted by Crippen LogP contribution is 2.34. The van der Waals surface area contributed by atoms with Gasteiger partial charge in [-0.05, 0) is 38.0 Å². The highest BCUT2D eigenvalue weighted by atomic mass is 35.5. The van der Waals surface area contributed by atoms with Gasteiger partial charge in [0, 0.05) is 18.7 Å². The highest BCUT2D eigenvalue weighted by molar-refractivity contribution is 6.30. The van der Waals surface area contributed by atoms with E-state index >= 15 is 0 Å². The highest BCUT2D eigenvalue weighted by Gasteiger charge is 2.27. The second kappa shape index (κ2) is 6.27. The van der Waals surface area contributed by atoms with E-state index in [0.29, 0.717) is 5.92 Å². The van der Waals surface area contributed by atoms with Crippen LogP contribution in [0, 0.1) is 18.8 Å². The van der Waals surface area contributed by atoms with E-state index in [4.69, 9.17) is 17.3 Å². The van der Waals surface area contributed by atoms with Crippen LogP contribution in [0.15, 0.2) is 0 Å². The van der Waals surface area contributed by atoms with Crippen molar-refractivity contribution in [2.45, 2.75) is 58.4 Å². The molecule has 0 spiro atoms. The first-order chi connectivity index (χ1) is 9.02. The zero-order chi connectivity index (χ0) is 14.0. The van der Waals surface area contributed by atoms with Gasteiger partial charge in [-0.25, -0.2) is 0 Å². The molecule has 19 heavy (non-hydrogen) atoms. The van der Waals surface area contributed by atoms with E-state index in [-0.39, 0.29) is 6.04 Å². The van der Waals surface area contributed by atoms with Crippen LogP contribution in [0.4, 0.5) is 0 Å². The quantitative estimate of drug-likeness (QED) is 0.919. The first-order valence-corrected chi connectivity index (χ1v) is 7.84. The van der Waals surface area contributed by atoms with Crippen LogP contribution in [0.25, 0.3) is 0 Å². The molecule has 1 saturated carbocycles. The summed E-state index contributed by atoms with van der Waals surface area (Å²) in [7, 11) is 1.89. The summed E-state index contributed by atoms with van der Waals surface area (Å²) >= 11 is 6.30. The largest absolute Gasteiger partial charge is 0.327 e. The van der Waals surface area contributed by atoms with Crippen molar-refractivity contribution in [2.24, 2.45) is 24.6 Å². The van der Waals surface area contributed by atoms with Crippen LogP contribution in [0.2, 0.25) is 5.15 Å². The molecule has 1 aromatic heterocycles. The Kier molecular flexibility index (Phi) is 4.91. The Hall–Kier alpha value is -0.540. The Bertz CT molecular complexity index is 427. The molecule has 1 aliphatic rings. The number of halogens is 1. The Morgan fingerprint density at radius 3 is 2.79 bits per heavy atom. The van der Waals surface area contributed by atoms with E-state index in [0.717, 1.165) is 28.7 Å². The van der Waals surface area contributed by atoms with Gasteiger partial charge in [0.2, 0.25) is 0 Å². The van der Waals surface area contributed by atoms with Crippen LogP contribution in [0.3, 0.4) is 0 Å². The molecule has 4 heteroatoms. The second-order valence-corrected chi connectivity index (χ2v) is 6.41. The SMILES string of the molecule is CCC1CCCC(C(N)Cc2c(C)nn(C)c2Cl)C1. The van der Waals surface area contributed by atoms with Gasteiger partial charge in [0.25, 0.3) is 0 Å². The van der Waals surface area contributed by atoms with Gasteiger partial charge in [0.15, 0.2) is 0 Å². The Morgan fingerprint density at radius 2 is 2.21 bits per heavy atom. The van der Waals surface area contributed by atoms with E-state index in [9.17, 15) is 0 Å². The molecule has 0 amide bonds. The van der Waals surface area contributed by atoms with Crippen LogP contribution < -0.4 is 5.73 Å². The Labute approximate surface area is 121 Å². The number of aryl methyl sites for hydroxylation is 2. The van der Waals surface area contributed by atoms with Gasteiger partial charge in [-0.3, -0.25) is 4.68 Å². The maximum atomic E-state index is 6.45. The fraction of sp³-hybridized carbons (Fsp3) is 0.800. The van der Waals surface area contributed by atoms with E-state index in [1.165, 1.54) is 32.1 Å². The molecule has 3 nitrogen and oxygen atoms in total. The van der Waals surface area contributed by atoms with Crippen molar-refractivity contribution in [2.75, 3.05) is 0 Å². The molecule has 0 saturated heterocycles. The molecule has 3 unspecified atom stereocenters. The first-order valence-electron chi connectivity index (χ1n) is 7.46. The summed E-state index contributed by atoms with van der Waals surface area (Å²) in [4.78, 5) is 0. The molecule has 3 atom stereocenters. The van der Waals surface area contributed by atoms with Gasteiger partial charge >= 0.3 is 0 Å². The third kappa shape index (κ3) is 3.32. The van der Waals surface area contributed by atoms with Crippen molar-refractivity contribution < 1.29 is 0 Å². The Morgan fingerprint density at radius 1 is 1.47 bits per heavy atom. The van der Waals surface area contributed by atoms with Gasteiger partial charge < -0.3 is 5.73 Å². The van der Waals surface area contributed by atoms with Gasteiger partial charge in [0.05, 0.1) is 5.69 Å². The molecule has 108 valence electrons. The lowest BCUT2D eigenvalue weighted by atomic mass is 9.76. The minimum absolute atomic E-state index is 0.217. The molecule has 0 aliphatic heterocycles. The monoisotopic (exact) mass is 283 g/mol. The normalized spacial score (nSPS) is 25.5. The molecule has 1 aliphatic carbocycles. The number of nitrogens with zero attached hydrogens (tertiary/aromatic N) is 2. The summed E-state index contributed by atoms with van der Waals surface area (Å²) in [6, 6.07) is 0.217. The molecular formula is C15H26ClN3. The molecule has 2 N–H and O–H groups in total. The average Bonchev–Trinajstić information content (AvgIpc) is 2.65. The lowest BCUT2D eigenvalue weighted by Gasteiger charge is -2.32. The average molecular weight is 284 g/mol. The summed E-state index contributed by atoms with van der Waals surface area (Å²) in [5.41, 5.74) is 8.60. The molecule has 1 aromatic rings. The predicted octanol–water partition coefficient (Wildman–Crippen LogP) is 3.47. The van der Waals surface area contributed by atoms with Gasteiger partial charge in [-0.1, -0.05) is 37.8 Å². The zero-order valence-electron chi connectivity index (χ0n) is 12.3. The van der Waals surface area contributed by atoms with Crippen LogP contribution in [0.1, 0.15) is 50.3 Å². The van der Waals surface area contributed by atoms with E-state index in [1.807, 2.05) is 14.0 Å². The lowest BCUT2D eigenvalue weighted by Crippen LogP contribution is -2.35. The predicted molar refractivity (Wildman–Crippen MR) is 80.4 cm³/mol. The van der Waals surface area contributed by atoms with Crippen molar-refractivity contribution in [3.63, 3.8) is 0 Å². The van der Waals surface area contributed by atoms with Crippen molar-refractivity contribution in [1.82, 2.24) is 9.78 Å². The molecule has 2 rings (SSSR count). The summed E-state index contributed by atoms with van der Waals surface area (Å²) in [5.74, 6) is 1.52. The minimum Gasteiger partial charge on any atom is -0.327 e. The zero-order valence-corrected chi connectivity index (χ0v) is 13.1. The Balaban J connectivity index is 2.02. The summed E-state index contributed by atoms with van der Waals surface area (Å²) in [6.07, 6.45) is 7.42. The van der Waals surface area contributed by atoms with Crippen LogP contribution in [-0.2, 0) is 13.5 Å². The molecular weight excluding hydrogens is 258 g/mol. The lowest BCUT2D eigenvalue weighted by molar-refractivity contribution is 0.228. The third-order valence-electron chi connectivity index (χ3n) is 4.72. The number of aromatic nitrogens is 2. The van der Waals surface area contributed by atoms with Crippen LogP contribution in [0.5, 0.6) is 0 Å². The fourth-order valence-corrected chi connectivity index (χ4v) is 3.65. The van der Waals surface area contributed by atoms with Gasteiger partial charge in [0.1, 0.15) is 5.15 Å². The van der Waals surface area contributed by atoms with E-state index < -0.39 is 0 Å². The summed E-state index contributed by atoms with van der Waals surface area (Å²) in [5, 5.41) is 5.12. The number of rotatable bonds is 4. The van der Waals surface area contributed by atoms with Crippen molar-refractivity contribution in [1.29, 1.82) is 0 Å². The van der Waals surface area contributed by atoms with Crippen LogP contribution in [-0.4, -0.2) is 15.8 Å². The minimum atomic E-state index is 0.217. The van der Waals surface area contributed by atoms with E-state index in [2.05, 4.69) is 12.0 Å². The number of nitrogens with two attached hydrogens (primary N) is 1. The molecule has 0 radical (unpaired) electrons. The van der Waals surface area contributed by atoms with Crippen molar-refractivity contribution >= 4 is 11.6 Å². The second-order valence-electron chi connectivity index (χ2n) is 6.05. The third-order valence-corrected chi connectivity index (χ3v) is 5.19. The summed E-state index contributed by atoms with van der Waals surface area (Å²) in [6.45, 7) is 4.31. The molecule has 1 heterocycles. The van der Waals surface area contributed by atoms with E-state index in [1.54, 1.807) is 4.68 Å².